The monoisotopic (exact) mass is 316 g/mol. The second kappa shape index (κ2) is 6.82. The third-order valence-corrected chi connectivity index (χ3v) is 5.09. The Labute approximate surface area is 136 Å². The van der Waals surface area contributed by atoms with Crippen LogP contribution in [-0.2, 0) is 6.42 Å². The lowest BCUT2D eigenvalue weighted by atomic mass is 9.93. The molecule has 3 nitrogen and oxygen atoms in total. The second-order valence-electron chi connectivity index (χ2n) is 6.10. The van der Waals surface area contributed by atoms with Crippen molar-refractivity contribution in [3.63, 3.8) is 0 Å². The maximum Gasteiger partial charge on any atom is 0.119 e. The van der Waals surface area contributed by atoms with Crippen LogP contribution in [0, 0.1) is 6.92 Å². The number of aryl methyl sites for hydroxylation is 1. The van der Waals surface area contributed by atoms with Crippen LogP contribution in [0.2, 0.25) is 0 Å². The number of likely N-dealkylation sites (N-methyl/N-ethyl adjacent to an activating group) is 1. The van der Waals surface area contributed by atoms with Gasteiger partial charge in [-0.3, -0.25) is 0 Å². The van der Waals surface area contributed by atoms with Crippen LogP contribution >= 0.6 is 11.3 Å². The number of nitrogens with one attached hydrogen (secondary N) is 1. The van der Waals surface area contributed by atoms with E-state index in [2.05, 4.69) is 61.6 Å². The van der Waals surface area contributed by atoms with Crippen LogP contribution in [0.15, 0.2) is 30.3 Å². The Bertz CT molecular complexity index is 636. The SMILES string of the molecule is Cc1ccc(C2NCCc3cc(OCCN(C)C)ccc32)s1. The molecule has 0 saturated carbocycles. The fraction of sp³-hybridized carbons (Fsp3) is 0.444. The van der Waals surface area contributed by atoms with Crippen LogP contribution in [0.3, 0.4) is 0 Å². The van der Waals surface area contributed by atoms with Crippen molar-refractivity contribution in [3.05, 3.63) is 51.2 Å². The Kier molecular flexibility index (Phi) is 4.81. The molecule has 22 heavy (non-hydrogen) atoms. The number of ether oxygens (including phenoxy) is 1. The van der Waals surface area contributed by atoms with E-state index < -0.39 is 0 Å². The molecule has 0 saturated heterocycles. The highest BCUT2D eigenvalue weighted by Gasteiger charge is 2.22. The van der Waals surface area contributed by atoms with Gasteiger partial charge in [-0.25, -0.2) is 0 Å². The number of thiophene rings is 1. The van der Waals surface area contributed by atoms with Gasteiger partial charge >= 0.3 is 0 Å². The van der Waals surface area contributed by atoms with E-state index in [1.807, 2.05) is 11.3 Å². The third-order valence-electron chi connectivity index (χ3n) is 4.02. The fourth-order valence-corrected chi connectivity index (χ4v) is 3.81. The minimum absolute atomic E-state index is 0.332. The summed E-state index contributed by atoms with van der Waals surface area (Å²) < 4.78 is 5.87. The van der Waals surface area contributed by atoms with E-state index in [1.54, 1.807) is 0 Å². The van der Waals surface area contributed by atoms with Crippen molar-refractivity contribution in [2.24, 2.45) is 0 Å². The first-order chi connectivity index (χ1) is 10.6. The first kappa shape index (κ1) is 15.5. The fourth-order valence-electron chi connectivity index (χ4n) is 2.84. The van der Waals surface area contributed by atoms with Crippen molar-refractivity contribution in [3.8, 4) is 5.75 Å². The number of nitrogens with zero attached hydrogens (tertiary/aromatic N) is 1. The molecule has 1 unspecified atom stereocenters. The van der Waals surface area contributed by atoms with Crippen LogP contribution in [-0.4, -0.2) is 38.7 Å². The molecule has 1 aromatic heterocycles. The number of hydrogen-bond donors (Lipinski definition) is 1. The van der Waals surface area contributed by atoms with Gasteiger partial charge in [0, 0.05) is 22.8 Å². The van der Waals surface area contributed by atoms with Gasteiger partial charge < -0.3 is 15.0 Å². The van der Waals surface area contributed by atoms with Crippen LogP contribution in [0.5, 0.6) is 5.75 Å². The first-order valence-corrected chi connectivity index (χ1v) is 8.65. The minimum atomic E-state index is 0.332. The normalized spacial score (nSPS) is 17.5. The molecule has 0 radical (unpaired) electrons. The molecule has 1 aromatic carbocycles. The summed E-state index contributed by atoms with van der Waals surface area (Å²) >= 11 is 1.88. The Hall–Kier alpha value is -1.36. The highest BCUT2D eigenvalue weighted by molar-refractivity contribution is 7.12. The van der Waals surface area contributed by atoms with Crippen LogP contribution in [0.1, 0.15) is 26.9 Å². The average molecular weight is 316 g/mol. The molecule has 1 aliphatic heterocycles. The van der Waals surface area contributed by atoms with Crippen molar-refractivity contribution < 1.29 is 4.74 Å². The van der Waals surface area contributed by atoms with Crippen molar-refractivity contribution in [1.29, 1.82) is 0 Å². The number of fused-ring (bicyclic) bond motifs is 1. The van der Waals surface area contributed by atoms with Crippen LogP contribution < -0.4 is 10.1 Å². The van der Waals surface area contributed by atoms with Gasteiger partial charge in [0.25, 0.3) is 0 Å². The summed E-state index contributed by atoms with van der Waals surface area (Å²) in [6, 6.07) is 11.3. The zero-order valence-electron chi connectivity index (χ0n) is 13.6. The molecule has 0 fully saturated rings. The zero-order valence-corrected chi connectivity index (χ0v) is 14.4. The summed E-state index contributed by atoms with van der Waals surface area (Å²) in [6.45, 7) is 4.86. The zero-order chi connectivity index (χ0) is 15.5. The van der Waals surface area contributed by atoms with E-state index >= 15 is 0 Å². The van der Waals surface area contributed by atoms with Gasteiger partial charge in [-0.05, 0) is 62.8 Å². The van der Waals surface area contributed by atoms with E-state index in [4.69, 9.17) is 4.74 Å². The Balaban J connectivity index is 1.77. The Morgan fingerprint density at radius 1 is 1.27 bits per heavy atom. The van der Waals surface area contributed by atoms with E-state index in [0.29, 0.717) is 6.04 Å². The largest absolute Gasteiger partial charge is 0.492 e. The average Bonchev–Trinajstić information content (AvgIpc) is 2.92. The highest BCUT2D eigenvalue weighted by atomic mass is 32.1. The highest BCUT2D eigenvalue weighted by Crippen LogP contribution is 2.34. The van der Waals surface area contributed by atoms with E-state index in [1.165, 1.54) is 20.9 Å². The maximum absolute atomic E-state index is 5.87. The molecule has 0 amide bonds. The third kappa shape index (κ3) is 3.51. The molecule has 0 bridgehead atoms. The molecule has 1 N–H and O–H groups in total. The van der Waals surface area contributed by atoms with Gasteiger partial charge in [0.05, 0.1) is 6.04 Å². The minimum Gasteiger partial charge on any atom is -0.492 e. The molecule has 0 spiro atoms. The molecule has 118 valence electrons. The van der Waals surface area contributed by atoms with Crippen LogP contribution in [0.4, 0.5) is 0 Å². The van der Waals surface area contributed by atoms with E-state index in [-0.39, 0.29) is 0 Å². The number of benzene rings is 1. The summed E-state index contributed by atoms with van der Waals surface area (Å²) in [5, 5.41) is 3.65. The summed E-state index contributed by atoms with van der Waals surface area (Å²) in [5.41, 5.74) is 2.81. The number of rotatable bonds is 5. The van der Waals surface area contributed by atoms with Gasteiger partial charge in [0.1, 0.15) is 12.4 Å². The molecule has 2 heterocycles. The Morgan fingerprint density at radius 3 is 2.86 bits per heavy atom. The van der Waals surface area contributed by atoms with E-state index in [9.17, 15) is 0 Å². The molecule has 3 rings (SSSR count). The molecular weight excluding hydrogens is 292 g/mol. The summed E-state index contributed by atoms with van der Waals surface area (Å²) in [7, 11) is 4.13. The van der Waals surface area contributed by atoms with Gasteiger partial charge in [-0.1, -0.05) is 6.07 Å². The molecule has 1 aliphatic rings. The molecule has 0 aliphatic carbocycles. The van der Waals surface area contributed by atoms with Gasteiger partial charge in [-0.15, -0.1) is 11.3 Å². The predicted molar refractivity (Wildman–Crippen MR) is 93.1 cm³/mol. The molecule has 2 aromatic rings. The van der Waals surface area contributed by atoms with Gasteiger partial charge in [0.2, 0.25) is 0 Å². The Morgan fingerprint density at radius 2 is 2.14 bits per heavy atom. The maximum atomic E-state index is 5.87. The summed E-state index contributed by atoms with van der Waals surface area (Å²) in [5.74, 6) is 0.989. The smallest absolute Gasteiger partial charge is 0.119 e. The van der Waals surface area contributed by atoms with Crippen molar-refractivity contribution in [1.82, 2.24) is 10.2 Å². The quantitative estimate of drug-likeness (QED) is 0.916. The van der Waals surface area contributed by atoms with Crippen LogP contribution in [0.25, 0.3) is 0 Å². The lowest BCUT2D eigenvalue weighted by Crippen LogP contribution is -2.30. The second-order valence-corrected chi connectivity index (χ2v) is 7.42. The predicted octanol–water partition coefficient (Wildman–Crippen LogP) is 3.23. The molecule has 1 atom stereocenters. The van der Waals surface area contributed by atoms with Crippen molar-refractivity contribution >= 4 is 11.3 Å². The molecule has 4 heteroatoms. The lowest BCUT2D eigenvalue weighted by Gasteiger charge is -2.26. The number of hydrogen-bond acceptors (Lipinski definition) is 4. The van der Waals surface area contributed by atoms with Gasteiger partial charge in [-0.2, -0.15) is 0 Å². The standard InChI is InChI=1S/C18H24N2OS/c1-13-4-7-17(22-13)18-16-6-5-15(21-11-10-20(2)3)12-14(16)8-9-19-18/h4-7,12,18-19H,8-11H2,1-3H3. The summed E-state index contributed by atoms with van der Waals surface area (Å²) in [4.78, 5) is 4.91. The van der Waals surface area contributed by atoms with Crippen molar-refractivity contribution in [2.75, 3.05) is 33.8 Å². The lowest BCUT2D eigenvalue weighted by molar-refractivity contribution is 0.261. The van der Waals surface area contributed by atoms with Crippen molar-refractivity contribution in [2.45, 2.75) is 19.4 Å². The van der Waals surface area contributed by atoms with Gasteiger partial charge in [0.15, 0.2) is 0 Å². The molecular formula is C18H24N2OS. The topological polar surface area (TPSA) is 24.5 Å². The summed E-state index contributed by atoms with van der Waals surface area (Å²) in [6.07, 6.45) is 1.07. The van der Waals surface area contributed by atoms with E-state index in [0.717, 1.165) is 31.9 Å². The first-order valence-electron chi connectivity index (χ1n) is 7.83.